The Balaban J connectivity index is 1.85. The third-order valence-corrected chi connectivity index (χ3v) is 5.79. The maximum Gasteiger partial charge on any atom is 0.0724 e. The van der Waals surface area contributed by atoms with E-state index in [1.165, 1.54) is 101 Å². The van der Waals surface area contributed by atoms with E-state index < -0.39 is 0 Å². The van der Waals surface area contributed by atoms with Gasteiger partial charge in [-0.25, -0.2) is 0 Å². The molecule has 0 saturated heterocycles. The summed E-state index contributed by atoms with van der Waals surface area (Å²) in [4.78, 5) is 0. The summed E-state index contributed by atoms with van der Waals surface area (Å²) in [7, 11) is 0. The molecular weight excluding hydrogens is 340 g/mol. The topological polar surface area (TPSA) is 20.2 Å². The lowest BCUT2D eigenvalue weighted by atomic mass is 10.0. The van der Waals surface area contributed by atoms with Crippen LogP contribution in [0, 0.1) is 6.92 Å². The molecule has 0 aliphatic heterocycles. The van der Waals surface area contributed by atoms with E-state index in [-0.39, 0.29) is 6.10 Å². The van der Waals surface area contributed by atoms with Crippen molar-refractivity contribution >= 4 is 6.08 Å². The predicted molar refractivity (Wildman–Crippen MR) is 126 cm³/mol. The first-order valence-electron chi connectivity index (χ1n) is 12.2. The number of unbranched alkanes of at least 4 members (excludes halogenated alkanes) is 14. The highest BCUT2D eigenvalue weighted by Gasteiger charge is 2.00. The largest absolute Gasteiger partial charge is 0.389 e. The first kappa shape index (κ1) is 25.0. The number of hydrogen-bond donors (Lipinski definition) is 1. The summed E-state index contributed by atoms with van der Waals surface area (Å²) >= 11 is 0. The SMILES string of the molecule is CCCCCCCCCCCCCCCCCC(O)/C=C/c1ccccc1C. The highest BCUT2D eigenvalue weighted by molar-refractivity contribution is 5.53. The van der Waals surface area contributed by atoms with E-state index in [2.05, 4.69) is 38.1 Å². The molecule has 1 aromatic carbocycles. The van der Waals surface area contributed by atoms with Gasteiger partial charge >= 0.3 is 0 Å². The minimum Gasteiger partial charge on any atom is -0.389 e. The summed E-state index contributed by atoms with van der Waals surface area (Å²) in [5.41, 5.74) is 2.47. The van der Waals surface area contributed by atoms with Crippen molar-refractivity contribution in [1.29, 1.82) is 0 Å². The molecule has 1 nitrogen and oxygen atoms in total. The van der Waals surface area contributed by atoms with E-state index in [1.807, 2.05) is 12.1 Å². The van der Waals surface area contributed by atoms with Gasteiger partial charge in [0, 0.05) is 0 Å². The van der Waals surface area contributed by atoms with E-state index in [0.717, 1.165) is 12.8 Å². The third-order valence-electron chi connectivity index (χ3n) is 5.79. The van der Waals surface area contributed by atoms with Gasteiger partial charge < -0.3 is 5.11 Å². The summed E-state index contributed by atoms with van der Waals surface area (Å²) in [6.07, 6.45) is 25.4. The smallest absolute Gasteiger partial charge is 0.0724 e. The van der Waals surface area contributed by atoms with Crippen molar-refractivity contribution in [3.8, 4) is 0 Å². The number of aliphatic hydroxyl groups is 1. The van der Waals surface area contributed by atoms with Gasteiger partial charge in [0.05, 0.1) is 6.10 Å². The average Bonchev–Trinajstić information content (AvgIpc) is 2.70. The van der Waals surface area contributed by atoms with Crippen LogP contribution in [0.2, 0.25) is 0 Å². The van der Waals surface area contributed by atoms with Crippen LogP contribution in [0.1, 0.15) is 121 Å². The van der Waals surface area contributed by atoms with Crippen molar-refractivity contribution in [3.05, 3.63) is 41.5 Å². The Bertz CT molecular complexity index is 491. The lowest BCUT2D eigenvalue weighted by Gasteiger charge is -2.06. The van der Waals surface area contributed by atoms with Crippen molar-refractivity contribution in [2.75, 3.05) is 0 Å². The molecule has 0 aliphatic rings. The number of aliphatic hydroxyl groups excluding tert-OH is 1. The Morgan fingerprint density at radius 3 is 1.68 bits per heavy atom. The highest BCUT2D eigenvalue weighted by Crippen LogP contribution is 2.15. The summed E-state index contributed by atoms with van der Waals surface area (Å²) in [5.74, 6) is 0. The number of hydrogen-bond acceptors (Lipinski definition) is 1. The van der Waals surface area contributed by atoms with Crippen LogP contribution < -0.4 is 0 Å². The quantitative estimate of drug-likeness (QED) is 0.250. The molecule has 1 aromatic rings. The van der Waals surface area contributed by atoms with Crippen molar-refractivity contribution in [1.82, 2.24) is 0 Å². The second-order valence-electron chi connectivity index (χ2n) is 8.52. The fourth-order valence-electron chi connectivity index (χ4n) is 3.81. The van der Waals surface area contributed by atoms with Gasteiger partial charge in [-0.05, 0) is 24.5 Å². The maximum absolute atomic E-state index is 10.1. The van der Waals surface area contributed by atoms with Crippen LogP contribution in [0.25, 0.3) is 6.08 Å². The lowest BCUT2D eigenvalue weighted by Crippen LogP contribution is -2.01. The standard InChI is InChI=1S/C27H46O/c1-3-4-5-6-7-8-9-10-11-12-13-14-15-16-17-22-27(28)24-23-26-21-19-18-20-25(26)2/h18-21,23-24,27-28H,3-17,22H2,1-2H3/b24-23+. The second kappa shape index (κ2) is 18.0. The van der Waals surface area contributed by atoms with E-state index in [0.29, 0.717) is 0 Å². The highest BCUT2D eigenvalue weighted by atomic mass is 16.3. The van der Waals surface area contributed by atoms with Gasteiger partial charge in [0.15, 0.2) is 0 Å². The van der Waals surface area contributed by atoms with Gasteiger partial charge in [-0.15, -0.1) is 0 Å². The fourth-order valence-corrected chi connectivity index (χ4v) is 3.81. The zero-order chi connectivity index (χ0) is 20.3. The molecule has 0 spiro atoms. The molecule has 0 heterocycles. The minimum atomic E-state index is -0.304. The van der Waals surface area contributed by atoms with Gasteiger partial charge in [0.2, 0.25) is 0 Å². The zero-order valence-electron chi connectivity index (χ0n) is 18.8. The molecule has 1 heteroatoms. The molecule has 1 rings (SSSR count). The van der Waals surface area contributed by atoms with Crippen LogP contribution in [0.3, 0.4) is 0 Å². The molecule has 0 saturated carbocycles. The summed E-state index contributed by atoms with van der Waals surface area (Å²) in [6, 6.07) is 8.32. The normalized spacial score (nSPS) is 12.7. The molecule has 160 valence electrons. The number of benzene rings is 1. The van der Waals surface area contributed by atoms with E-state index >= 15 is 0 Å². The summed E-state index contributed by atoms with van der Waals surface area (Å²) in [5, 5.41) is 10.1. The van der Waals surface area contributed by atoms with Crippen LogP contribution in [-0.4, -0.2) is 11.2 Å². The number of aryl methyl sites for hydroxylation is 1. The molecule has 0 fully saturated rings. The number of rotatable bonds is 18. The molecule has 0 aliphatic carbocycles. The fraction of sp³-hybridized carbons (Fsp3) is 0.704. The van der Waals surface area contributed by atoms with Crippen molar-refractivity contribution in [2.24, 2.45) is 0 Å². The van der Waals surface area contributed by atoms with Gasteiger partial charge in [0.25, 0.3) is 0 Å². The molecule has 1 atom stereocenters. The molecule has 28 heavy (non-hydrogen) atoms. The van der Waals surface area contributed by atoms with Crippen LogP contribution in [0.4, 0.5) is 0 Å². The zero-order valence-corrected chi connectivity index (χ0v) is 18.8. The molecular formula is C27H46O. The minimum absolute atomic E-state index is 0.304. The van der Waals surface area contributed by atoms with Crippen molar-refractivity contribution in [2.45, 2.75) is 123 Å². The Morgan fingerprint density at radius 1 is 0.714 bits per heavy atom. The summed E-state index contributed by atoms with van der Waals surface area (Å²) < 4.78 is 0. The predicted octanol–water partition coefficient (Wildman–Crippen LogP) is 8.63. The molecule has 1 N–H and O–H groups in total. The molecule has 0 amide bonds. The van der Waals surface area contributed by atoms with Crippen LogP contribution in [0.15, 0.2) is 30.3 Å². The second-order valence-corrected chi connectivity index (χ2v) is 8.52. The Labute approximate surface area is 175 Å². The van der Waals surface area contributed by atoms with Crippen LogP contribution in [-0.2, 0) is 0 Å². The van der Waals surface area contributed by atoms with Gasteiger partial charge in [0.1, 0.15) is 0 Å². The Kier molecular flexibility index (Phi) is 16.0. The molecule has 0 bridgehead atoms. The third kappa shape index (κ3) is 14.0. The first-order valence-corrected chi connectivity index (χ1v) is 12.2. The van der Waals surface area contributed by atoms with Crippen molar-refractivity contribution in [3.63, 3.8) is 0 Å². The van der Waals surface area contributed by atoms with Crippen LogP contribution in [0.5, 0.6) is 0 Å². The monoisotopic (exact) mass is 386 g/mol. The Morgan fingerprint density at radius 2 is 1.18 bits per heavy atom. The van der Waals surface area contributed by atoms with E-state index in [4.69, 9.17) is 0 Å². The lowest BCUT2D eigenvalue weighted by molar-refractivity contribution is 0.208. The maximum atomic E-state index is 10.1. The van der Waals surface area contributed by atoms with Crippen LogP contribution >= 0.6 is 0 Å². The van der Waals surface area contributed by atoms with Gasteiger partial charge in [-0.3, -0.25) is 0 Å². The van der Waals surface area contributed by atoms with Crippen molar-refractivity contribution < 1.29 is 5.11 Å². The van der Waals surface area contributed by atoms with Gasteiger partial charge in [-0.2, -0.15) is 0 Å². The van der Waals surface area contributed by atoms with Gasteiger partial charge in [-0.1, -0.05) is 140 Å². The average molecular weight is 387 g/mol. The van der Waals surface area contributed by atoms with E-state index in [1.54, 1.807) is 0 Å². The Hall–Kier alpha value is -1.08. The molecule has 0 radical (unpaired) electrons. The van der Waals surface area contributed by atoms with E-state index in [9.17, 15) is 5.11 Å². The summed E-state index contributed by atoms with van der Waals surface area (Å²) in [6.45, 7) is 4.40. The first-order chi connectivity index (χ1) is 13.7. The molecule has 0 aromatic heterocycles. The molecule has 1 unspecified atom stereocenters.